The number of ether oxygens (including phenoxy) is 2. The van der Waals surface area contributed by atoms with Gasteiger partial charge in [-0.3, -0.25) is 4.79 Å². The molecule has 4 aliphatic carbocycles. The van der Waals surface area contributed by atoms with Crippen LogP contribution in [0.25, 0.3) is 0 Å². The molecule has 4 saturated carbocycles. The van der Waals surface area contributed by atoms with Gasteiger partial charge < -0.3 is 19.7 Å². The van der Waals surface area contributed by atoms with Crippen LogP contribution in [0.15, 0.2) is 48.6 Å². The quantitative estimate of drug-likeness (QED) is 0.0415. The lowest BCUT2D eigenvalue weighted by molar-refractivity contribution is -0.135. The van der Waals surface area contributed by atoms with Crippen LogP contribution in [0.1, 0.15) is 137 Å². The average Bonchev–Trinajstić information content (AvgIpc) is 4.14. The van der Waals surface area contributed by atoms with Crippen LogP contribution >= 0.6 is 0 Å². The van der Waals surface area contributed by atoms with Crippen molar-refractivity contribution in [2.75, 3.05) is 14.2 Å². The standard InChI is InChI=1S/C26H38O3.C25H38O4/c1-19(10-9-11-22-14-15-22)25(27)17-16-24-21(3)18-20(2)23(24)12-7-5-6-8-13-26(28)29-4;1-18(9-8-10-20-13-14-20)23(26)16-15-22-21(19(2)17-24(22)27)11-6-4-5-7-12-25(28)29-3/h8,13,16-17,19-24H,5-7,10,12,14-15,18H2,1-4H3;7,12,15-16,18-24,26-27H,4-6,9,11,13-14,17H2,1-3H3/b13-8+,17-16+;12-7+,16-15+/t19-,20-,21+,23-,24-;18-,19-,21-,22+,23+,24+/m00/s1. The van der Waals surface area contributed by atoms with Gasteiger partial charge in [0.1, 0.15) is 0 Å². The van der Waals surface area contributed by atoms with Gasteiger partial charge in [0.25, 0.3) is 0 Å². The monoisotopic (exact) mass is 801 g/mol. The third-order valence-corrected chi connectivity index (χ3v) is 12.8. The summed E-state index contributed by atoms with van der Waals surface area (Å²) in [6.07, 6.45) is 30.5. The first-order valence-corrected chi connectivity index (χ1v) is 22.6. The van der Waals surface area contributed by atoms with Crippen molar-refractivity contribution in [3.05, 3.63) is 48.6 Å². The Kier molecular flexibility index (Phi) is 22.5. The summed E-state index contributed by atoms with van der Waals surface area (Å²) in [5.41, 5.74) is 0. The van der Waals surface area contributed by atoms with Gasteiger partial charge in [-0.25, -0.2) is 9.59 Å². The number of rotatable bonds is 20. The van der Waals surface area contributed by atoms with Gasteiger partial charge in [0.05, 0.1) is 26.4 Å². The summed E-state index contributed by atoms with van der Waals surface area (Å²) in [5.74, 6) is 17.3. The van der Waals surface area contributed by atoms with Crippen LogP contribution in [0.3, 0.4) is 0 Å². The number of aliphatic hydroxyl groups is 2. The molecule has 4 rings (SSSR count). The number of carbonyl (C=O) groups is 3. The van der Waals surface area contributed by atoms with Gasteiger partial charge in [-0.05, 0) is 125 Å². The molecule has 4 aliphatic rings. The number of ketones is 1. The van der Waals surface area contributed by atoms with Crippen molar-refractivity contribution in [3.8, 4) is 23.7 Å². The van der Waals surface area contributed by atoms with Gasteiger partial charge in [-0.2, -0.15) is 0 Å². The second kappa shape index (κ2) is 26.7. The molecule has 7 nitrogen and oxygen atoms in total. The van der Waals surface area contributed by atoms with E-state index in [1.807, 2.05) is 44.2 Å². The van der Waals surface area contributed by atoms with Gasteiger partial charge in [0.15, 0.2) is 5.78 Å². The Labute approximate surface area is 352 Å². The maximum absolute atomic E-state index is 12.5. The van der Waals surface area contributed by atoms with Crippen LogP contribution in [0.2, 0.25) is 0 Å². The Morgan fingerprint density at radius 3 is 1.74 bits per heavy atom. The van der Waals surface area contributed by atoms with E-state index < -0.39 is 6.10 Å². The third kappa shape index (κ3) is 18.7. The number of allylic oxidation sites excluding steroid dienone is 4. The molecule has 0 radical (unpaired) electrons. The smallest absolute Gasteiger partial charge is 0.330 e. The van der Waals surface area contributed by atoms with E-state index in [1.165, 1.54) is 64.9 Å². The van der Waals surface area contributed by atoms with E-state index >= 15 is 0 Å². The number of esters is 2. The van der Waals surface area contributed by atoms with Crippen LogP contribution in [-0.2, 0) is 23.9 Å². The second-order valence-electron chi connectivity index (χ2n) is 18.0. The Bertz CT molecular complexity index is 1510. The number of hydrogen-bond acceptors (Lipinski definition) is 7. The van der Waals surface area contributed by atoms with E-state index in [0.717, 1.165) is 51.4 Å². The van der Waals surface area contributed by atoms with Crippen LogP contribution in [0, 0.1) is 88.8 Å². The first-order valence-electron chi connectivity index (χ1n) is 22.6. The molecule has 0 unspecified atom stereocenters. The SMILES string of the molecule is COC(=O)/C=C/CCCC[C@@H]1[C@@H](/C=C/C(=O)[C@@H](C)CC#CC2CC2)[C@H](C)C[C@@H]1C.COC(=O)/C=C/CCCC[C@@H]1[C@@H](/C=C/[C@@H](O)[C@@H](C)CC#CC2CC2)[C@H](O)C[C@@H]1C. The highest BCUT2D eigenvalue weighted by Crippen LogP contribution is 2.45. The molecular formula is C51H76O7. The van der Waals surface area contributed by atoms with Crippen molar-refractivity contribution in [2.24, 2.45) is 65.1 Å². The van der Waals surface area contributed by atoms with Crippen molar-refractivity contribution in [1.82, 2.24) is 0 Å². The fourth-order valence-corrected chi connectivity index (χ4v) is 8.63. The maximum Gasteiger partial charge on any atom is 0.330 e. The lowest BCUT2D eigenvalue weighted by Gasteiger charge is -2.22. The van der Waals surface area contributed by atoms with E-state index in [4.69, 9.17) is 0 Å². The molecule has 7 heteroatoms. The zero-order chi connectivity index (χ0) is 42.5. The molecule has 58 heavy (non-hydrogen) atoms. The highest BCUT2D eigenvalue weighted by Gasteiger charge is 2.38. The summed E-state index contributed by atoms with van der Waals surface area (Å²) in [6.45, 7) is 10.9. The van der Waals surface area contributed by atoms with E-state index in [0.29, 0.717) is 60.2 Å². The normalized spacial score (nSPS) is 28.4. The summed E-state index contributed by atoms with van der Waals surface area (Å²) >= 11 is 0. The third-order valence-electron chi connectivity index (χ3n) is 12.8. The Morgan fingerprint density at radius 1 is 0.690 bits per heavy atom. The largest absolute Gasteiger partial charge is 0.466 e. The fourth-order valence-electron chi connectivity index (χ4n) is 8.63. The predicted octanol–water partition coefficient (Wildman–Crippen LogP) is 10.0. The minimum Gasteiger partial charge on any atom is -0.466 e. The number of carbonyl (C=O) groups excluding carboxylic acids is 3. The first-order chi connectivity index (χ1) is 27.8. The molecule has 0 aromatic rings. The molecule has 0 heterocycles. The zero-order valence-electron chi connectivity index (χ0n) is 36.9. The van der Waals surface area contributed by atoms with Crippen LogP contribution in [-0.4, -0.2) is 54.4 Å². The van der Waals surface area contributed by atoms with Crippen molar-refractivity contribution in [3.63, 3.8) is 0 Å². The summed E-state index contributed by atoms with van der Waals surface area (Å²) in [4.78, 5) is 34.7. The lowest BCUT2D eigenvalue weighted by Crippen LogP contribution is -2.20. The Morgan fingerprint density at radius 2 is 1.21 bits per heavy atom. The van der Waals surface area contributed by atoms with Gasteiger partial charge in [-0.15, -0.1) is 11.8 Å². The molecule has 0 amide bonds. The van der Waals surface area contributed by atoms with Crippen molar-refractivity contribution in [2.45, 2.75) is 150 Å². The Hall–Kier alpha value is -3.39. The van der Waals surface area contributed by atoms with Crippen LogP contribution in [0.4, 0.5) is 0 Å². The summed E-state index contributed by atoms with van der Waals surface area (Å²) in [6, 6.07) is 0. The second-order valence-corrected chi connectivity index (χ2v) is 18.0. The number of methoxy groups -OCH3 is 2. The Balaban J connectivity index is 0.000000310. The van der Waals surface area contributed by atoms with Crippen LogP contribution in [0.5, 0.6) is 0 Å². The van der Waals surface area contributed by atoms with Crippen molar-refractivity contribution in [1.29, 1.82) is 0 Å². The molecule has 0 spiro atoms. The molecule has 2 N–H and O–H groups in total. The van der Waals surface area contributed by atoms with Gasteiger partial charge >= 0.3 is 11.9 Å². The van der Waals surface area contributed by atoms with Gasteiger partial charge in [-0.1, -0.05) is 89.7 Å². The molecule has 0 bridgehead atoms. The molecule has 0 aromatic carbocycles. The summed E-state index contributed by atoms with van der Waals surface area (Å²) in [7, 11) is 2.78. The minimum absolute atomic E-state index is 0.00770. The predicted molar refractivity (Wildman–Crippen MR) is 234 cm³/mol. The van der Waals surface area contributed by atoms with Gasteiger partial charge in [0.2, 0.25) is 0 Å². The van der Waals surface area contributed by atoms with E-state index in [-0.39, 0.29) is 41.6 Å². The topological polar surface area (TPSA) is 110 Å². The zero-order valence-corrected chi connectivity index (χ0v) is 36.9. The van der Waals surface area contributed by atoms with E-state index in [9.17, 15) is 24.6 Å². The van der Waals surface area contributed by atoms with Crippen molar-refractivity contribution >= 4 is 17.7 Å². The number of hydrogen-bond donors (Lipinski definition) is 2. The average molecular weight is 801 g/mol. The summed E-state index contributed by atoms with van der Waals surface area (Å²) < 4.78 is 9.19. The highest BCUT2D eigenvalue weighted by atomic mass is 16.5. The number of unbranched alkanes of at least 4 members (excludes halogenated alkanes) is 4. The minimum atomic E-state index is -0.518. The molecule has 0 saturated heterocycles. The van der Waals surface area contributed by atoms with E-state index in [2.05, 4.69) is 60.0 Å². The lowest BCUT2D eigenvalue weighted by atomic mass is 9.83. The van der Waals surface area contributed by atoms with Crippen molar-refractivity contribution < 1.29 is 34.1 Å². The highest BCUT2D eigenvalue weighted by molar-refractivity contribution is 5.91. The van der Waals surface area contributed by atoms with Gasteiger partial charge in [0, 0.05) is 48.7 Å². The molecule has 322 valence electrons. The number of aliphatic hydroxyl groups excluding tert-OH is 2. The van der Waals surface area contributed by atoms with Crippen LogP contribution < -0.4 is 0 Å². The fraction of sp³-hybridized carbons (Fsp3) is 0.706. The molecule has 11 atom stereocenters. The first kappa shape index (κ1) is 49.0. The molecule has 4 fully saturated rings. The molecule has 0 aliphatic heterocycles. The van der Waals surface area contributed by atoms with E-state index in [1.54, 1.807) is 0 Å². The molecular weight excluding hydrogens is 725 g/mol. The maximum atomic E-state index is 12.5. The summed E-state index contributed by atoms with van der Waals surface area (Å²) in [5, 5.41) is 21.0. The molecule has 0 aromatic heterocycles.